The second-order valence-corrected chi connectivity index (χ2v) is 5.17. The van der Waals surface area contributed by atoms with Crippen molar-refractivity contribution < 1.29 is 22.7 Å². The van der Waals surface area contributed by atoms with Crippen LogP contribution in [0.4, 0.5) is 23.4 Å². The van der Waals surface area contributed by atoms with E-state index < -0.39 is 17.6 Å². The number of aryl methyl sites for hydroxylation is 1. The van der Waals surface area contributed by atoms with Gasteiger partial charge in [0.25, 0.3) is 0 Å². The number of anilines is 1. The Bertz CT molecular complexity index is 695. The van der Waals surface area contributed by atoms with Gasteiger partial charge in [-0.25, -0.2) is 9.07 Å². The zero-order valence-electron chi connectivity index (χ0n) is 12.7. The molecule has 2 rings (SSSR count). The summed E-state index contributed by atoms with van der Waals surface area (Å²) in [6, 6.07) is 2.90. The molecule has 2 N–H and O–H groups in total. The first kappa shape index (κ1) is 17.3. The van der Waals surface area contributed by atoms with Crippen molar-refractivity contribution in [3.63, 3.8) is 0 Å². The first-order chi connectivity index (χ1) is 10.7. The minimum Gasteiger partial charge on any atom is -0.394 e. The molecule has 4 nitrogen and oxygen atoms in total. The van der Waals surface area contributed by atoms with Gasteiger partial charge < -0.3 is 10.4 Å². The molecule has 0 fully saturated rings. The summed E-state index contributed by atoms with van der Waals surface area (Å²) in [6.07, 6.45) is -4.73. The number of aromatic nitrogens is 2. The lowest BCUT2D eigenvalue weighted by Gasteiger charge is -2.13. The highest BCUT2D eigenvalue weighted by atomic mass is 19.4. The molecule has 8 heteroatoms. The summed E-state index contributed by atoms with van der Waals surface area (Å²) < 4.78 is 53.0. The van der Waals surface area contributed by atoms with Gasteiger partial charge in [0.05, 0.1) is 24.4 Å². The molecule has 0 saturated heterocycles. The summed E-state index contributed by atoms with van der Waals surface area (Å²) in [5, 5.41) is 16.3. The SMILES string of the molecule is Cc1nn(CCO)c(NCc2ccc(F)c(C(F)(F)F)c2)c1C. The Balaban J connectivity index is 2.22. The monoisotopic (exact) mass is 331 g/mol. The molecule has 23 heavy (non-hydrogen) atoms. The van der Waals surface area contributed by atoms with Gasteiger partial charge in [-0.2, -0.15) is 18.3 Å². The molecule has 0 bridgehead atoms. The Kier molecular flexibility index (Phi) is 4.93. The number of hydrogen-bond donors (Lipinski definition) is 2. The Morgan fingerprint density at radius 2 is 1.96 bits per heavy atom. The van der Waals surface area contributed by atoms with Crippen LogP contribution in [0.3, 0.4) is 0 Å². The fourth-order valence-corrected chi connectivity index (χ4v) is 2.24. The molecule has 1 aromatic heterocycles. The molecule has 0 saturated carbocycles. The van der Waals surface area contributed by atoms with Crippen LogP contribution in [0.5, 0.6) is 0 Å². The Morgan fingerprint density at radius 1 is 1.26 bits per heavy atom. The molecule has 0 atom stereocenters. The summed E-state index contributed by atoms with van der Waals surface area (Å²) in [5.41, 5.74) is 0.619. The summed E-state index contributed by atoms with van der Waals surface area (Å²) in [6.45, 7) is 3.87. The number of nitrogens with zero attached hydrogens (tertiary/aromatic N) is 2. The van der Waals surface area contributed by atoms with Crippen LogP contribution < -0.4 is 5.32 Å². The average Bonchev–Trinajstić information content (AvgIpc) is 2.72. The summed E-state index contributed by atoms with van der Waals surface area (Å²) in [7, 11) is 0. The van der Waals surface area contributed by atoms with E-state index in [1.54, 1.807) is 11.6 Å². The molecule has 0 aliphatic carbocycles. The number of halogens is 4. The van der Waals surface area contributed by atoms with E-state index in [0.717, 1.165) is 23.4 Å². The normalized spacial score (nSPS) is 11.8. The molecule has 2 aromatic rings. The highest BCUT2D eigenvalue weighted by Crippen LogP contribution is 2.32. The van der Waals surface area contributed by atoms with Crippen LogP contribution >= 0.6 is 0 Å². The van der Waals surface area contributed by atoms with Crippen LogP contribution in [0.2, 0.25) is 0 Å². The third-order valence-electron chi connectivity index (χ3n) is 3.53. The van der Waals surface area contributed by atoms with Crippen molar-refractivity contribution in [3.05, 3.63) is 46.4 Å². The smallest absolute Gasteiger partial charge is 0.394 e. The molecule has 0 aliphatic heterocycles. The second kappa shape index (κ2) is 6.57. The molecule has 0 amide bonds. The lowest BCUT2D eigenvalue weighted by atomic mass is 10.1. The number of rotatable bonds is 5. The minimum absolute atomic E-state index is 0.0841. The van der Waals surface area contributed by atoms with Crippen molar-refractivity contribution in [2.24, 2.45) is 0 Å². The van der Waals surface area contributed by atoms with Crippen molar-refractivity contribution in [3.8, 4) is 0 Å². The summed E-state index contributed by atoms with van der Waals surface area (Å²) in [4.78, 5) is 0. The van der Waals surface area contributed by atoms with Crippen molar-refractivity contribution in [1.29, 1.82) is 0 Å². The van der Waals surface area contributed by atoms with E-state index in [4.69, 9.17) is 5.11 Å². The number of aliphatic hydroxyl groups is 1. The van der Waals surface area contributed by atoms with Crippen LogP contribution in [0.1, 0.15) is 22.4 Å². The number of aliphatic hydroxyl groups excluding tert-OH is 1. The minimum atomic E-state index is -4.73. The predicted octanol–water partition coefficient (Wildman–Crippen LogP) is 3.26. The first-order valence-electron chi connectivity index (χ1n) is 6.98. The second-order valence-electron chi connectivity index (χ2n) is 5.17. The number of hydrogen-bond acceptors (Lipinski definition) is 3. The zero-order valence-corrected chi connectivity index (χ0v) is 12.7. The summed E-state index contributed by atoms with van der Waals surface area (Å²) in [5.74, 6) is -0.673. The Hall–Kier alpha value is -2.09. The molecule has 1 aromatic carbocycles. The predicted molar refractivity (Wildman–Crippen MR) is 77.5 cm³/mol. The van der Waals surface area contributed by atoms with Gasteiger partial charge in [-0.15, -0.1) is 0 Å². The summed E-state index contributed by atoms with van der Waals surface area (Å²) >= 11 is 0. The molecule has 0 spiro atoms. The van der Waals surface area contributed by atoms with Crippen molar-refractivity contribution >= 4 is 5.82 Å². The Morgan fingerprint density at radius 3 is 2.57 bits per heavy atom. The van der Waals surface area contributed by atoms with Crippen LogP contribution in [0.25, 0.3) is 0 Å². The van der Waals surface area contributed by atoms with Gasteiger partial charge in [-0.05, 0) is 31.5 Å². The molecular formula is C15H17F4N3O. The quantitative estimate of drug-likeness (QED) is 0.827. The fraction of sp³-hybridized carbons (Fsp3) is 0.400. The van der Waals surface area contributed by atoms with Crippen LogP contribution in [0, 0.1) is 19.7 Å². The maximum absolute atomic E-state index is 13.3. The highest BCUT2D eigenvalue weighted by molar-refractivity contribution is 5.47. The van der Waals surface area contributed by atoms with Crippen molar-refractivity contribution in [2.75, 3.05) is 11.9 Å². The number of nitrogens with one attached hydrogen (secondary N) is 1. The maximum Gasteiger partial charge on any atom is 0.419 e. The van der Waals surface area contributed by atoms with Crippen LogP contribution in [-0.4, -0.2) is 21.5 Å². The van der Waals surface area contributed by atoms with E-state index in [9.17, 15) is 17.6 Å². The van der Waals surface area contributed by atoms with E-state index >= 15 is 0 Å². The van der Waals surface area contributed by atoms with Crippen molar-refractivity contribution in [2.45, 2.75) is 33.1 Å². The van der Waals surface area contributed by atoms with E-state index in [0.29, 0.717) is 11.4 Å². The van der Waals surface area contributed by atoms with Gasteiger partial charge in [-0.3, -0.25) is 0 Å². The van der Waals surface area contributed by atoms with Gasteiger partial charge in [0.2, 0.25) is 0 Å². The first-order valence-corrected chi connectivity index (χ1v) is 6.98. The molecule has 0 radical (unpaired) electrons. The van der Waals surface area contributed by atoms with Gasteiger partial charge in [0.1, 0.15) is 11.6 Å². The molecular weight excluding hydrogens is 314 g/mol. The lowest BCUT2D eigenvalue weighted by Crippen LogP contribution is -2.12. The van der Waals surface area contributed by atoms with Crippen molar-refractivity contribution in [1.82, 2.24) is 9.78 Å². The number of benzene rings is 1. The Labute approximate surface area is 130 Å². The molecule has 0 unspecified atom stereocenters. The van der Waals surface area contributed by atoms with Crippen LogP contribution in [0.15, 0.2) is 18.2 Å². The fourth-order valence-electron chi connectivity index (χ4n) is 2.24. The van der Waals surface area contributed by atoms with Gasteiger partial charge in [0, 0.05) is 12.1 Å². The lowest BCUT2D eigenvalue weighted by molar-refractivity contribution is -0.140. The third-order valence-corrected chi connectivity index (χ3v) is 3.53. The molecule has 0 aliphatic rings. The zero-order chi connectivity index (χ0) is 17.2. The van der Waals surface area contributed by atoms with Gasteiger partial charge in [-0.1, -0.05) is 6.07 Å². The highest BCUT2D eigenvalue weighted by Gasteiger charge is 2.34. The maximum atomic E-state index is 13.3. The largest absolute Gasteiger partial charge is 0.419 e. The molecule has 126 valence electrons. The number of alkyl halides is 3. The van der Waals surface area contributed by atoms with E-state index in [-0.39, 0.29) is 19.7 Å². The average molecular weight is 331 g/mol. The van der Waals surface area contributed by atoms with E-state index in [2.05, 4.69) is 10.4 Å². The standard InChI is InChI=1S/C15H17F4N3O/c1-9-10(2)21-22(5-6-23)14(9)20-8-11-3-4-13(16)12(7-11)15(17,18)19/h3-4,7,20,23H,5-6,8H2,1-2H3. The van der Waals surface area contributed by atoms with E-state index in [1.807, 2.05) is 6.92 Å². The topological polar surface area (TPSA) is 50.1 Å². The van der Waals surface area contributed by atoms with Crippen LogP contribution in [-0.2, 0) is 19.3 Å². The van der Waals surface area contributed by atoms with E-state index in [1.165, 1.54) is 6.07 Å². The third kappa shape index (κ3) is 3.82. The van der Waals surface area contributed by atoms with Gasteiger partial charge >= 0.3 is 6.18 Å². The van der Waals surface area contributed by atoms with Gasteiger partial charge in [0.15, 0.2) is 0 Å². The molecule has 1 heterocycles.